The minimum absolute atomic E-state index is 0.105. The molecule has 0 radical (unpaired) electrons. The van der Waals surface area contributed by atoms with Crippen molar-refractivity contribution in [1.82, 2.24) is 9.37 Å². The Morgan fingerprint density at radius 2 is 1.75 bits per heavy atom. The van der Waals surface area contributed by atoms with Crippen LogP contribution in [0.5, 0.6) is 11.5 Å². The number of carbonyl (C=O) groups is 1. The fourth-order valence-corrected chi connectivity index (χ4v) is 5.53. The van der Waals surface area contributed by atoms with Gasteiger partial charge in [0.25, 0.3) is 0 Å². The van der Waals surface area contributed by atoms with Crippen LogP contribution in [0.3, 0.4) is 0 Å². The number of methoxy groups -OCH3 is 2. The molecule has 1 aromatic rings. The van der Waals surface area contributed by atoms with Gasteiger partial charge in [-0.15, -0.1) is 0 Å². The van der Waals surface area contributed by atoms with Gasteiger partial charge in [0, 0.05) is 13.1 Å². The predicted octanol–water partition coefficient (Wildman–Crippen LogP) is 2.04. The fourth-order valence-electron chi connectivity index (χ4n) is 3.76. The van der Waals surface area contributed by atoms with Crippen molar-refractivity contribution in [2.75, 3.05) is 26.5 Å². The molecule has 1 aliphatic rings. The Labute approximate surface area is 167 Å². The molecule has 2 rings (SSSR count). The van der Waals surface area contributed by atoms with Gasteiger partial charge in [-0.1, -0.05) is 26.7 Å². The molecule has 0 spiro atoms. The van der Waals surface area contributed by atoms with Gasteiger partial charge in [-0.3, -0.25) is 10.0 Å². The monoisotopic (exact) mass is 414 g/mol. The van der Waals surface area contributed by atoms with E-state index in [-0.39, 0.29) is 24.6 Å². The zero-order valence-corrected chi connectivity index (χ0v) is 17.7. The van der Waals surface area contributed by atoms with E-state index in [9.17, 15) is 18.4 Å². The summed E-state index contributed by atoms with van der Waals surface area (Å²) >= 11 is 0. The Morgan fingerprint density at radius 1 is 1.18 bits per heavy atom. The molecule has 0 saturated heterocycles. The van der Waals surface area contributed by atoms with Crippen LogP contribution in [0.4, 0.5) is 0 Å². The molecule has 8 nitrogen and oxygen atoms in total. The highest BCUT2D eigenvalue weighted by atomic mass is 32.2. The molecule has 1 amide bonds. The lowest BCUT2D eigenvalue weighted by Gasteiger charge is -2.33. The first-order chi connectivity index (χ1) is 13.3. The minimum Gasteiger partial charge on any atom is -0.493 e. The molecule has 1 unspecified atom stereocenters. The molecule has 1 aromatic carbocycles. The minimum atomic E-state index is -3.68. The van der Waals surface area contributed by atoms with Gasteiger partial charge in [-0.05, 0) is 35.6 Å². The highest BCUT2D eigenvalue weighted by Gasteiger charge is 2.34. The summed E-state index contributed by atoms with van der Waals surface area (Å²) in [5, 5.41) is 10.4. The summed E-state index contributed by atoms with van der Waals surface area (Å²) in [6.07, 6.45) is 2.17. The molecule has 0 fully saturated rings. The van der Waals surface area contributed by atoms with Gasteiger partial charge >= 0.3 is 0 Å². The van der Waals surface area contributed by atoms with E-state index in [1.54, 1.807) is 13.2 Å². The van der Waals surface area contributed by atoms with Gasteiger partial charge < -0.3 is 9.47 Å². The first-order valence-electron chi connectivity index (χ1n) is 9.45. The summed E-state index contributed by atoms with van der Waals surface area (Å²) in [5.41, 5.74) is 1.89. The Balaban J connectivity index is 2.26. The van der Waals surface area contributed by atoms with Gasteiger partial charge in [0.2, 0.25) is 16.4 Å². The highest BCUT2D eigenvalue weighted by molar-refractivity contribution is 7.89. The van der Waals surface area contributed by atoms with Crippen molar-refractivity contribution in [2.45, 2.75) is 45.7 Å². The maximum Gasteiger partial charge on any atom is 0.233 e. The molecule has 0 saturated carbocycles. The van der Waals surface area contributed by atoms with Crippen molar-refractivity contribution in [3.8, 4) is 11.5 Å². The van der Waals surface area contributed by atoms with Crippen LogP contribution in [0.25, 0.3) is 0 Å². The number of hydrogen-bond donors (Lipinski definition) is 1. The maximum absolute atomic E-state index is 13.1. The van der Waals surface area contributed by atoms with Crippen molar-refractivity contribution in [1.29, 1.82) is 0 Å². The van der Waals surface area contributed by atoms with Crippen LogP contribution in [0.15, 0.2) is 12.1 Å². The van der Waals surface area contributed by atoms with Crippen LogP contribution in [-0.2, 0) is 27.8 Å². The van der Waals surface area contributed by atoms with E-state index in [2.05, 4.69) is 0 Å². The van der Waals surface area contributed by atoms with Crippen LogP contribution in [0.2, 0.25) is 0 Å². The lowest BCUT2D eigenvalue weighted by molar-refractivity contribution is -0.163. The number of nitrogens with zero attached hydrogens (tertiary/aromatic N) is 2. The number of hydroxylamine groups is 2. The molecular weight excluding hydrogens is 384 g/mol. The molecular formula is C19H30N2O6S. The van der Waals surface area contributed by atoms with Gasteiger partial charge in [-0.25, -0.2) is 13.5 Å². The molecule has 9 heteroatoms. The van der Waals surface area contributed by atoms with Crippen LogP contribution >= 0.6 is 0 Å². The smallest absolute Gasteiger partial charge is 0.233 e. The summed E-state index contributed by atoms with van der Waals surface area (Å²) in [6.45, 7) is 4.40. The van der Waals surface area contributed by atoms with Gasteiger partial charge in [0.05, 0.1) is 26.0 Å². The Kier molecular flexibility index (Phi) is 7.68. The number of rotatable bonds is 10. The van der Waals surface area contributed by atoms with Crippen molar-refractivity contribution in [3.63, 3.8) is 0 Å². The quantitative estimate of drug-likeness (QED) is 0.358. The van der Waals surface area contributed by atoms with E-state index < -0.39 is 16.1 Å². The van der Waals surface area contributed by atoms with E-state index in [1.165, 1.54) is 11.4 Å². The van der Waals surface area contributed by atoms with E-state index in [4.69, 9.17) is 9.47 Å². The third kappa shape index (κ3) is 4.76. The second-order valence-electron chi connectivity index (χ2n) is 6.97. The molecule has 1 N–H and O–H groups in total. The van der Waals surface area contributed by atoms with Crippen molar-refractivity contribution in [2.24, 2.45) is 5.92 Å². The molecule has 0 aliphatic carbocycles. The average molecular weight is 415 g/mol. The summed E-state index contributed by atoms with van der Waals surface area (Å²) in [4.78, 5) is 11.1. The molecule has 28 heavy (non-hydrogen) atoms. The van der Waals surface area contributed by atoms with Crippen LogP contribution in [-0.4, -0.2) is 62.0 Å². The first-order valence-corrected chi connectivity index (χ1v) is 11.1. The predicted molar refractivity (Wildman–Crippen MR) is 105 cm³/mol. The molecule has 1 aliphatic heterocycles. The van der Waals surface area contributed by atoms with Gasteiger partial charge in [0.1, 0.15) is 0 Å². The lowest BCUT2D eigenvalue weighted by atomic mass is 9.95. The highest BCUT2D eigenvalue weighted by Crippen LogP contribution is 2.34. The molecule has 1 atom stereocenters. The van der Waals surface area contributed by atoms with Crippen molar-refractivity contribution < 1.29 is 27.9 Å². The second-order valence-corrected chi connectivity index (χ2v) is 8.98. The van der Waals surface area contributed by atoms with E-state index in [1.807, 2.05) is 19.9 Å². The van der Waals surface area contributed by atoms with Crippen LogP contribution in [0, 0.1) is 5.92 Å². The summed E-state index contributed by atoms with van der Waals surface area (Å²) in [7, 11) is -0.576. The van der Waals surface area contributed by atoms with Crippen LogP contribution in [0.1, 0.15) is 37.8 Å². The zero-order chi connectivity index (χ0) is 20.9. The number of sulfonamides is 1. The number of fused-ring (bicyclic) bond motifs is 1. The van der Waals surface area contributed by atoms with Gasteiger partial charge in [0.15, 0.2) is 11.5 Å². The third-order valence-corrected chi connectivity index (χ3v) is 7.36. The third-order valence-electron chi connectivity index (χ3n) is 5.50. The van der Waals surface area contributed by atoms with Crippen molar-refractivity contribution >= 4 is 16.4 Å². The summed E-state index contributed by atoms with van der Waals surface area (Å²) in [6, 6.07) is 2.91. The van der Waals surface area contributed by atoms with Crippen molar-refractivity contribution in [3.05, 3.63) is 23.3 Å². The normalized spacial score (nSPS) is 15.8. The first kappa shape index (κ1) is 22.4. The van der Waals surface area contributed by atoms with Gasteiger partial charge in [-0.2, -0.15) is 4.31 Å². The molecule has 1 heterocycles. The fraction of sp³-hybridized carbons (Fsp3) is 0.632. The second kappa shape index (κ2) is 9.58. The number of benzene rings is 1. The Hall–Kier alpha value is -1.84. The van der Waals surface area contributed by atoms with E-state index in [0.29, 0.717) is 42.4 Å². The molecule has 158 valence electrons. The Bertz CT molecular complexity index is 779. The lowest BCUT2D eigenvalue weighted by Crippen LogP contribution is -2.47. The number of ether oxygens (including phenoxy) is 2. The van der Waals surface area contributed by atoms with E-state index >= 15 is 0 Å². The average Bonchev–Trinajstić information content (AvgIpc) is 2.71. The summed E-state index contributed by atoms with van der Waals surface area (Å²) in [5.74, 6) is 0.759. The summed E-state index contributed by atoms with van der Waals surface area (Å²) < 4.78 is 38.2. The molecule has 0 aromatic heterocycles. The SMILES string of the molecule is CCC(CC)C(CS(=O)(=O)N1CCc2cc(OC)c(OC)cc2C1)N(O)C=O. The maximum atomic E-state index is 13.1. The number of hydrogen-bond acceptors (Lipinski definition) is 6. The zero-order valence-electron chi connectivity index (χ0n) is 16.9. The number of amides is 1. The van der Waals surface area contributed by atoms with E-state index in [0.717, 1.165) is 11.1 Å². The standard InChI is InChI=1S/C19H30N2O6S/c1-5-14(6-2)17(21(23)13-22)12-28(24,25)20-8-7-15-9-18(26-3)19(27-4)10-16(15)11-20/h9-10,13-14,17,23H,5-8,11-12H2,1-4H3. The Morgan fingerprint density at radius 3 is 2.25 bits per heavy atom. The molecule has 0 bridgehead atoms. The van der Waals surface area contributed by atoms with Crippen LogP contribution < -0.4 is 9.47 Å². The number of carbonyl (C=O) groups excluding carboxylic acids is 1. The largest absolute Gasteiger partial charge is 0.493 e. The topological polar surface area (TPSA) is 96.4 Å².